The molecule has 1 aliphatic rings. The molecule has 1 N–H and O–H groups in total. The molecule has 27 heavy (non-hydrogen) atoms. The van der Waals surface area contributed by atoms with E-state index in [0.717, 1.165) is 12.1 Å². The minimum absolute atomic E-state index is 0.0265. The van der Waals surface area contributed by atoms with Crippen LogP contribution in [-0.4, -0.2) is 44.5 Å². The largest absolute Gasteiger partial charge is 0.492 e. The number of thioether (sulfide) groups is 1. The van der Waals surface area contributed by atoms with E-state index in [1.54, 1.807) is 4.68 Å². The minimum Gasteiger partial charge on any atom is -0.492 e. The Bertz CT molecular complexity index is 766. The fourth-order valence-corrected chi connectivity index (χ4v) is 4.19. The SMILES string of the molecule is CCOc1ccccc1-n1nnnc1SCC(=O)N[C@H]1CCC[C@@H](C)[C@@H]1C. The maximum atomic E-state index is 12.4. The lowest BCUT2D eigenvalue weighted by atomic mass is 9.78. The molecule has 3 rings (SSSR count). The van der Waals surface area contributed by atoms with E-state index in [4.69, 9.17) is 4.74 Å². The molecule has 8 heteroatoms. The van der Waals surface area contributed by atoms with Crippen molar-refractivity contribution in [2.75, 3.05) is 12.4 Å². The molecular formula is C19H27N5O2S. The zero-order valence-corrected chi connectivity index (χ0v) is 16.9. The van der Waals surface area contributed by atoms with Crippen LogP contribution in [0.25, 0.3) is 5.69 Å². The molecule has 146 valence electrons. The van der Waals surface area contributed by atoms with Gasteiger partial charge in [0.25, 0.3) is 0 Å². The fourth-order valence-electron chi connectivity index (χ4n) is 3.49. The average molecular weight is 390 g/mol. The van der Waals surface area contributed by atoms with E-state index in [2.05, 4.69) is 34.7 Å². The molecule has 1 aromatic heterocycles. The highest BCUT2D eigenvalue weighted by atomic mass is 32.2. The van der Waals surface area contributed by atoms with E-state index in [-0.39, 0.29) is 17.7 Å². The second-order valence-electron chi connectivity index (χ2n) is 7.00. The average Bonchev–Trinajstić information content (AvgIpc) is 3.13. The van der Waals surface area contributed by atoms with E-state index in [9.17, 15) is 4.79 Å². The monoisotopic (exact) mass is 389 g/mol. The number of carbonyl (C=O) groups is 1. The number of rotatable bonds is 7. The zero-order valence-electron chi connectivity index (χ0n) is 16.1. The van der Waals surface area contributed by atoms with Crippen LogP contribution < -0.4 is 10.1 Å². The number of aromatic nitrogens is 4. The Morgan fingerprint density at radius 3 is 2.96 bits per heavy atom. The Morgan fingerprint density at radius 2 is 2.15 bits per heavy atom. The van der Waals surface area contributed by atoms with Gasteiger partial charge in [-0.2, -0.15) is 4.68 Å². The van der Waals surface area contributed by atoms with Gasteiger partial charge in [-0.25, -0.2) is 0 Å². The van der Waals surface area contributed by atoms with E-state index >= 15 is 0 Å². The lowest BCUT2D eigenvalue weighted by Gasteiger charge is -2.34. The molecule has 1 aliphatic carbocycles. The van der Waals surface area contributed by atoms with E-state index < -0.39 is 0 Å². The molecule has 1 heterocycles. The van der Waals surface area contributed by atoms with Gasteiger partial charge in [-0.05, 0) is 47.7 Å². The number of ether oxygens (including phenoxy) is 1. The Balaban J connectivity index is 1.63. The summed E-state index contributed by atoms with van der Waals surface area (Å²) in [5.41, 5.74) is 0.766. The molecule has 7 nitrogen and oxygen atoms in total. The Hall–Kier alpha value is -2.09. The number of nitrogens with zero attached hydrogens (tertiary/aromatic N) is 4. The van der Waals surface area contributed by atoms with Crippen molar-refractivity contribution < 1.29 is 9.53 Å². The second-order valence-corrected chi connectivity index (χ2v) is 7.95. The van der Waals surface area contributed by atoms with Crippen molar-refractivity contribution in [3.63, 3.8) is 0 Å². The topological polar surface area (TPSA) is 81.9 Å². The van der Waals surface area contributed by atoms with Crippen molar-refractivity contribution in [2.24, 2.45) is 11.8 Å². The molecule has 0 spiro atoms. The van der Waals surface area contributed by atoms with Crippen LogP contribution in [0.2, 0.25) is 0 Å². The fraction of sp³-hybridized carbons (Fsp3) is 0.579. The highest BCUT2D eigenvalue weighted by Crippen LogP contribution is 2.30. The van der Waals surface area contributed by atoms with Gasteiger partial charge in [0.1, 0.15) is 11.4 Å². The van der Waals surface area contributed by atoms with Crippen LogP contribution in [0.3, 0.4) is 0 Å². The summed E-state index contributed by atoms with van der Waals surface area (Å²) in [7, 11) is 0. The lowest BCUT2D eigenvalue weighted by molar-refractivity contribution is -0.120. The van der Waals surface area contributed by atoms with Crippen LogP contribution in [0.1, 0.15) is 40.0 Å². The first kappa shape index (κ1) is 19.7. The molecule has 1 fully saturated rings. The van der Waals surface area contributed by atoms with Gasteiger partial charge in [-0.15, -0.1) is 5.10 Å². The Morgan fingerprint density at radius 1 is 1.33 bits per heavy atom. The summed E-state index contributed by atoms with van der Waals surface area (Å²) in [5, 5.41) is 15.7. The van der Waals surface area contributed by atoms with Crippen molar-refractivity contribution in [3.05, 3.63) is 24.3 Å². The standard InChI is InChI=1S/C19H27N5O2S/c1-4-26-17-11-6-5-10-16(17)24-19(21-22-23-24)27-12-18(25)20-15-9-7-8-13(2)14(15)3/h5-6,10-11,13-15H,4,7-9,12H2,1-3H3,(H,20,25)/t13-,14+,15+/m1/s1. The van der Waals surface area contributed by atoms with Gasteiger partial charge in [-0.3, -0.25) is 4.79 Å². The number of nitrogens with one attached hydrogen (secondary N) is 1. The highest BCUT2D eigenvalue weighted by molar-refractivity contribution is 7.99. The summed E-state index contributed by atoms with van der Waals surface area (Å²) < 4.78 is 7.28. The molecule has 3 atom stereocenters. The molecule has 1 amide bonds. The molecule has 2 aromatic rings. The number of tetrazole rings is 1. The van der Waals surface area contributed by atoms with Crippen molar-refractivity contribution in [1.29, 1.82) is 0 Å². The third-order valence-corrected chi connectivity index (χ3v) is 6.14. The lowest BCUT2D eigenvalue weighted by Crippen LogP contribution is -2.44. The Kier molecular flexibility index (Phi) is 6.71. The van der Waals surface area contributed by atoms with Crippen LogP contribution in [0, 0.1) is 11.8 Å². The molecular weight excluding hydrogens is 362 g/mol. The van der Waals surface area contributed by atoms with E-state index in [1.165, 1.54) is 24.6 Å². The summed E-state index contributed by atoms with van der Waals surface area (Å²) in [6, 6.07) is 7.86. The predicted molar refractivity (Wildman–Crippen MR) is 105 cm³/mol. The second kappa shape index (κ2) is 9.21. The molecule has 1 aromatic carbocycles. The normalized spacial score (nSPS) is 22.4. The summed E-state index contributed by atoms with van der Waals surface area (Å²) in [4.78, 5) is 12.4. The van der Waals surface area contributed by atoms with Crippen LogP contribution in [0.4, 0.5) is 0 Å². The van der Waals surface area contributed by atoms with Crippen molar-refractivity contribution >= 4 is 17.7 Å². The van der Waals surface area contributed by atoms with Gasteiger partial charge < -0.3 is 10.1 Å². The predicted octanol–water partition coefficient (Wildman–Crippen LogP) is 3.09. The van der Waals surface area contributed by atoms with Gasteiger partial charge in [0.05, 0.1) is 12.4 Å². The number of para-hydroxylation sites is 2. The van der Waals surface area contributed by atoms with Gasteiger partial charge in [0, 0.05) is 6.04 Å². The number of hydrogen-bond acceptors (Lipinski definition) is 6. The minimum atomic E-state index is 0.0265. The van der Waals surface area contributed by atoms with Crippen LogP contribution in [0.5, 0.6) is 5.75 Å². The first-order valence-electron chi connectivity index (χ1n) is 9.53. The third kappa shape index (κ3) is 4.80. The van der Waals surface area contributed by atoms with Crippen LogP contribution in [-0.2, 0) is 4.79 Å². The molecule has 0 unspecified atom stereocenters. The quantitative estimate of drug-likeness (QED) is 0.733. The zero-order chi connectivity index (χ0) is 19.2. The van der Waals surface area contributed by atoms with Gasteiger partial charge in [0.15, 0.2) is 0 Å². The Labute approximate surface area is 164 Å². The smallest absolute Gasteiger partial charge is 0.230 e. The van der Waals surface area contributed by atoms with E-state index in [1.807, 2.05) is 31.2 Å². The molecule has 0 aliphatic heterocycles. The van der Waals surface area contributed by atoms with Crippen LogP contribution in [0.15, 0.2) is 29.4 Å². The third-order valence-electron chi connectivity index (χ3n) is 5.22. The number of benzene rings is 1. The maximum absolute atomic E-state index is 12.4. The van der Waals surface area contributed by atoms with Gasteiger partial charge in [-0.1, -0.05) is 50.6 Å². The first-order chi connectivity index (χ1) is 13.1. The summed E-state index contributed by atoms with van der Waals surface area (Å²) >= 11 is 1.33. The van der Waals surface area contributed by atoms with Crippen molar-refractivity contribution in [3.8, 4) is 11.4 Å². The highest BCUT2D eigenvalue weighted by Gasteiger charge is 2.28. The molecule has 0 radical (unpaired) electrons. The van der Waals surface area contributed by atoms with E-state index in [0.29, 0.717) is 29.3 Å². The van der Waals surface area contributed by atoms with Gasteiger partial charge in [0.2, 0.25) is 11.1 Å². The number of hydrogen-bond donors (Lipinski definition) is 1. The molecule has 0 saturated heterocycles. The summed E-state index contributed by atoms with van der Waals surface area (Å²) in [6.45, 7) is 6.99. The number of carbonyl (C=O) groups excluding carboxylic acids is 1. The van der Waals surface area contributed by atoms with Gasteiger partial charge >= 0.3 is 0 Å². The molecule has 1 saturated carbocycles. The summed E-state index contributed by atoms with van der Waals surface area (Å²) in [5.74, 6) is 2.19. The van der Waals surface area contributed by atoms with Crippen LogP contribution >= 0.6 is 11.8 Å². The maximum Gasteiger partial charge on any atom is 0.230 e. The van der Waals surface area contributed by atoms with Crippen molar-refractivity contribution in [2.45, 2.75) is 51.2 Å². The molecule has 0 bridgehead atoms. The first-order valence-corrected chi connectivity index (χ1v) is 10.5. The number of amides is 1. The van der Waals surface area contributed by atoms with Crippen molar-refractivity contribution in [1.82, 2.24) is 25.5 Å². The summed E-state index contributed by atoms with van der Waals surface area (Å²) in [6.07, 6.45) is 3.48.